The maximum atomic E-state index is 6.22. The summed E-state index contributed by atoms with van der Waals surface area (Å²) in [5, 5.41) is 0.127. The van der Waals surface area contributed by atoms with Crippen molar-refractivity contribution in [1.29, 1.82) is 0 Å². The molecule has 0 aliphatic heterocycles. The van der Waals surface area contributed by atoms with E-state index in [-0.39, 0.29) is 5.04 Å². The Hall–Kier alpha value is -1.00. The smallest absolute Gasteiger partial charge is 0.214 e. The molecule has 0 amide bonds. The van der Waals surface area contributed by atoms with Crippen LogP contribution in [0.4, 0.5) is 0 Å². The summed E-state index contributed by atoms with van der Waals surface area (Å²) >= 11 is 0. The van der Waals surface area contributed by atoms with Gasteiger partial charge in [0.25, 0.3) is 0 Å². The van der Waals surface area contributed by atoms with E-state index in [1.165, 1.54) is 0 Å². The summed E-state index contributed by atoms with van der Waals surface area (Å²) in [5.74, 6) is 11.8. The van der Waals surface area contributed by atoms with E-state index in [2.05, 4.69) is 71.0 Å². The van der Waals surface area contributed by atoms with Crippen molar-refractivity contribution >= 4 is 8.32 Å². The number of hydrogen-bond acceptors (Lipinski definition) is 2. The van der Waals surface area contributed by atoms with Crippen LogP contribution < -0.4 is 0 Å². The van der Waals surface area contributed by atoms with E-state index in [0.717, 1.165) is 25.7 Å². The van der Waals surface area contributed by atoms with Crippen LogP contribution in [0.1, 0.15) is 53.4 Å². The minimum Gasteiger partial charge on any atom is -0.383 e. The van der Waals surface area contributed by atoms with Crippen LogP contribution in [0.15, 0.2) is 12.7 Å². The van der Waals surface area contributed by atoms with Gasteiger partial charge in [-0.25, -0.2) is 0 Å². The molecule has 0 aromatic rings. The molecule has 3 heteroatoms. The van der Waals surface area contributed by atoms with Gasteiger partial charge in [-0.3, -0.25) is 0 Å². The standard InChI is InChI=1S/C19H32O2Si/c1-8-10-12-13-14-15-16-18(20-17-11-9-2)21-22(6,7)19(3,4)5/h9,18H,2,8,10-12,17H2,1,3-7H3. The van der Waals surface area contributed by atoms with E-state index >= 15 is 0 Å². The lowest BCUT2D eigenvalue weighted by Crippen LogP contribution is -2.44. The lowest BCUT2D eigenvalue weighted by Gasteiger charge is -2.37. The monoisotopic (exact) mass is 320 g/mol. The second-order valence-corrected chi connectivity index (χ2v) is 11.6. The quantitative estimate of drug-likeness (QED) is 0.203. The van der Waals surface area contributed by atoms with Gasteiger partial charge in [-0.1, -0.05) is 46.1 Å². The van der Waals surface area contributed by atoms with Crippen LogP contribution in [0.3, 0.4) is 0 Å². The number of ether oxygens (including phenoxy) is 1. The van der Waals surface area contributed by atoms with E-state index in [4.69, 9.17) is 9.16 Å². The van der Waals surface area contributed by atoms with Gasteiger partial charge in [-0.05, 0) is 48.7 Å². The van der Waals surface area contributed by atoms with Gasteiger partial charge in [0.2, 0.25) is 6.29 Å². The summed E-state index contributed by atoms with van der Waals surface area (Å²) in [6.07, 6.45) is 5.30. The van der Waals surface area contributed by atoms with Crippen molar-refractivity contribution in [2.24, 2.45) is 0 Å². The van der Waals surface area contributed by atoms with E-state index in [9.17, 15) is 0 Å². The SMILES string of the molecule is C=CCCOC(C#CC#CCCCC)O[Si](C)(C)C(C)(C)C. The summed E-state index contributed by atoms with van der Waals surface area (Å²) in [5.41, 5.74) is 0. The van der Waals surface area contributed by atoms with Gasteiger partial charge in [-0.2, -0.15) is 0 Å². The van der Waals surface area contributed by atoms with Crippen LogP contribution in [-0.4, -0.2) is 21.2 Å². The topological polar surface area (TPSA) is 18.5 Å². The molecule has 0 saturated heterocycles. The fourth-order valence-corrected chi connectivity index (χ4v) is 2.29. The minimum atomic E-state index is -1.91. The van der Waals surface area contributed by atoms with Crippen LogP contribution in [0.5, 0.6) is 0 Å². The molecule has 0 bridgehead atoms. The highest BCUT2D eigenvalue weighted by Gasteiger charge is 2.39. The highest BCUT2D eigenvalue weighted by Crippen LogP contribution is 2.37. The van der Waals surface area contributed by atoms with Crippen LogP contribution >= 0.6 is 0 Å². The first kappa shape index (κ1) is 21.0. The van der Waals surface area contributed by atoms with Crippen molar-refractivity contribution < 1.29 is 9.16 Å². The first-order valence-corrected chi connectivity index (χ1v) is 11.0. The van der Waals surface area contributed by atoms with E-state index < -0.39 is 14.6 Å². The minimum absolute atomic E-state index is 0.127. The molecule has 124 valence electrons. The van der Waals surface area contributed by atoms with Crippen LogP contribution in [0.25, 0.3) is 0 Å². The third-order valence-corrected chi connectivity index (χ3v) is 8.21. The Bertz CT molecular complexity index is 438. The normalized spacial score (nSPS) is 12.6. The van der Waals surface area contributed by atoms with Crippen molar-refractivity contribution in [2.45, 2.75) is 77.8 Å². The maximum Gasteiger partial charge on any atom is 0.214 e. The first-order valence-electron chi connectivity index (χ1n) is 8.13. The molecular formula is C19H32O2Si. The first-order chi connectivity index (χ1) is 10.2. The van der Waals surface area contributed by atoms with E-state index in [1.807, 2.05) is 6.08 Å². The Morgan fingerprint density at radius 1 is 1.23 bits per heavy atom. The van der Waals surface area contributed by atoms with Crippen molar-refractivity contribution in [3.8, 4) is 23.7 Å². The zero-order valence-corrected chi connectivity index (χ0v) is 16.2. The Morgan fingerprint density at radius 2 is 1.91 bits per heavy atom. The molecule has 0 aliphatic rings. The van der Waals surface area contributed by atoms with Gasteiger partial charge in [-0.15, -0.1) is 6.58 Å². The zero-order chi connectivity index (χ0) is 17.1. The van der Waals surface area contributed by atoms with Crippen molar-refractivity contribution in [3.63, 3.8) is 0 Å². The molecular weight excluding hydrogens is 288 g/mol. The Labute approximate surface area is 138 Å². The Morgan fingerprint density at radius 3 is 2.45 bits per heavy atom. The molecule has 0 aromatic heterocycles. The molecule has 0 aromatic carbocycles. The molecule has 1 atom stereocenters. The molecule has 0 aliphatic carbocycles. The van der Waals surface area contributed by atoms with Crippen molar-refractivity contribution in [3.05, 3.63) is 12.7 Å². The van der Waals surface area contributed by atoms with Crippen LogP contribution in [0, 0.1) is 23.7 Å². The molecule has 2 nitrogen and oxygen atoms in total. The Kier molecular flexibility index (Phi) is 10.2. The Balaban J connectivity index is 4.78. The van der Waals surface area contributed by atoms with Crippen molar-refractivity contribution in [2.75, 3.05) is 6.61 Å². The number of hydrogen-bond donors (Lipinski definition) is 0. The molecule has 0 rings (SSSR count). The van der Waals surface area contributed by atoms with E-state index in [0.29, 0.717) is 6.61 Å². The third kappa shape index (κ3) is 9.10. The van der Waals surface area contributed by atoms with Gasteiger partial charge < -0.3 is 9.16 Å². The van der Waals surface area contributed by atoms with Gasteiger partial charge in [0.05, 0.1) is 6.61 Å². The molecule has 0 radical (unpaired) electrons. The molecule has 22 heavy (non-hydrogen) atoms. The lowest BCUT2D eigenvalue weighted by molar-refractivity contribution is -0.0456. The summed E-state index contributed by atoms with van der Waals surface area (Å²) < 4.78 is 12.0. The summed E-state index contributed by atoms with van der Waals surface area (Å²) in [6.45, 7) is 17.5. The highest BCUT2D eigenvalue weighted by molar-refractivity contribution is 6.74. The second kappa shape index (κ2) is 10.7. The van der Waals surface area contributed by atoms with Gasteiger partial charge in [0, 0.05) is 6.42 Å². The number of rotatable bonds is 8. The highest BCUT2D eigenvalue weighted by atomic mass is 28.4. The molecule has 0 N–H and O–H groups in total. The second-order valence-electron chi connectivity index (χ2n) is 6.83. The van der Waals surface area contributed by atoms with Gasteiger partial charge in [0.1, 0.15) is 0 Å². The summed E-state index contributed by atoms with van der Waals surface area (Å²) in [7, 11) is -1.91. The molecule has 1 unspecified atom stereocenters. The van der Waals surface area contributed by atoms with Gasteiger partial charge in [0.15, 0.2) is 8.32 Å². The largest absolute Gasteiger partial charge is 0.383 e. The fraction of sp³-hybridized carbons (Fsp3) is 0.684. The third-order valence-electron chi connectivity index (χ3n) is 3.80. The zero-order valence-electron chi connectivity index (χ0n) is 15.2. The average Bonchev–Trinajstić information content (AvgIpc) is 2.41. The number of unbranched alkanes of at least 4 members (excludes halogenated alkanes) is 2. The van der Waals surface area contributed by atoms with Gasteiger partial charge >= 0.3 is 0 Å². The van der Waals surface area contributed by atoms with E-state index in [1.54, 1.807) is 0 Å². The lowest BCUT2D eigenvalue weighted by atomic mass is 10.2. The molecule has 0 heterocycles. The van der Waals surface area contributed by atoms with Crippen LogP contribution in [-0.2, 0) is 9.16 Å². The molecule has 0 fully saturated rings. The summed E-state index contributed by atoms with van der Waals surface area (Å²) in [4.78, 5) is 0. The van der Waals surface area contributed by atoms with Crippen LogP contribution in [0.2, 0.25) is 18.1 Å². The predicted molar refractivity (Wildman–Crippen MR) is 97.9 cm³/mol. The maximum absolute atomic E-state index is 6.22. The molecule has 0 spiro atoms. The molecule has 0 saturated carbocycles. The average molecular weight is 321 g/mol. The van der Waals surface area contributed by atoms with Crippen molar-refractivity contribution in [1.82, 2.24) is 0 Å². The fourth-order valence-electron chi connectivity index (χ4n) is 1.27. The predicted octanol–water partition coefficient (Wildman–Crippen LogP) is 5.12. The summed E-state index contributed by atoms with van der Waals surface area (Å²) in [6, 6.07) is 0.